The molecule has 0 fully saturated rings. The highest BCUT2D eigenvalue weighted by Crippen LogP contribution is 2.20. The summed E-state index contributed by atoms with van der Waals surface area (Å²) in [6.45, 7) is 6.44. The Labute approximate surface area is 124 Å². The van der Waals surface area contributed by atoms with Gasteiger partial charge in [-0.2, -0.15) is 5.10 Å². The van der Waals surface area contributed by atoms with Crippen molar-refractivity contribution in [1.82, 2.24) is 14.8 Å². The number of rotatable bonds is 4. The van der Waals surface area contributed by atoms with Gasteiger partial charge in [-0.15, -0.1) is 11.3 Å². The maximum Gasteiger partial charge on any atom is 0.228 e. The number of carbonyl (C=O) groups is 1. The first kappa shape index (κ1) is 14.2. The fraction of sp³-hybridized carbons (Fsp3) is 0.417. The van der Waals surface area contributed by atoms with Crippen LogP contribution in [-0.4, -0.2) is 20.7 Å². The Balaban J connectivity index is 1.91. The van der Waals surface area contributed by atoms with Crippen LogP contribution in [0.2, 0.25) is 0 Å². The van der Waals surface area contributed by atoms with E-state index in [1.165, 1.54) is 11.3 Å². The predicted octanol–water partition coefficient (Wildman–Crippen LogP) is 3.06. The summed E-state index contributed by atoms with van der Waals surface area (Å²) in [6, 6.07) is 0. The van der Waals surface area contributed by atoms with Crippen molar-refractivity contribution in [3.05, 3.63) is 26.9 Å². The van der Waals surface area contributed by atoms with Gasteiger partial charge in [0.1, 0.15) is 0 Å². The molecule has 0 aliphatic carbocycles. The minimum Gasteiger partial charge on any atom is -0.302 e. The second-order valence-corrected chi connectivity index (χ2v) is 6.31. The second-order valence-electron chi connectivity index (χ2n) is 4.28. The molecule has 0 radical (unpaired) electrons. The molecule has 2 heterocycles. The lowest BCUT2D eigenvalue weighted by Crippen LogP contribution is -2.15. The number of nitrogens with one attached hydrogen (secondary N) is 1. The molecule has 0 saturated carbocycles. The molecule has 0 aromatic carbocycles. The number of aryl methyl sites for hydroxylation is 3. The van der Waals surface area contributed by atoms with Crippen molar-refractivity contribution in [2.24, 2.45) is 0 Å². The highest BCUT2D eigenvalue weighted by atomic mass is 79.9. The van der Waals surface area contributed by atoms with Gasteiger partial charge in [-0.3, -0.25) is 9.48 Å². The molecule has 2 rings (SSSR count). The van der Waals surface area contributed by atoms with E-state index >= 15 is 0 Å². The second kappa shape index (κ2) is 5.83. The summed E-state index contributed by atoms with van der Waals surface area (Å²) in [6.07, 6.45) is 2.13. The Bertz CT molecular complexity index is 605. The zero-order chi connectivity index (χ0) is 14.0. The number of halogens is 1. The SMILES string of the molecule is Cc1cnc(NC(=O)CCn2nc(C)c(Br)c2C)s1. The Kier molecular flexibility index (Phi) is 4.36. The lowest BCUT2D eigenvalue weighted by Gasteiger charge is -2.04. The normalized spacial score (nSPS) is 10.7. The van der Waals surface area contributed by atoms with Crippen molar-refractivity contribution in [2.75, 3.05) is 5.32 Å². The van der Waals surface area contributed by atoms with Crippen LogP contribution in [0, 0.1) is 20.8 Å². The highest BCUT2D eigenvalue weighted by molar-refractivity contribution is 9.10. The van der Waals surface area contributed by atoms with Crippen molar-refractivity contribution in [3.63, 3.8) is 0 Å². The first-order valence-corrected chi connectivity index (χ1v) is 7.50. The van der Waals surface area contributed by atoms with Gasteiger partial charge >= 0.3 is 0 Å². The van der Waals surface area contributed by atoms with Gasteiger partial charge in [0, 0.05) is 23.2 Å². The number of thiazole rings is 1. The van der Waals surface area contributed by atoms with Crippen LogP contribution in [-0.2, 0) is 11.3 Å². The molecule has 19 heavy (non-hydrogen) atoms. The number of carbonyl (C=O) groups excluding carboxylic acids is 1. The number of hydrogen-bond donors (Lipinski definition) is 1. The van der Waals surface area contributed by atoms with Crippen LogP contribution >= 0.6 is 27.3 Å². The third-order valence-electron chi connectivity index (χ3n) is 2.71. The fourth-order valence-electron chi connectivity index (χ4n) is 1.69. The van der Waals surface area contributed by atoms with Gasteiger partial charge in [0.25, 0.3) is 0 Å². The van der Waals surface area contributed by atoms with Crippen LogP contribution in [0.3, 0.4) is 0 Å². The quantitative estimate of drug-likeness (QED) is 0.928. The maximum absolute atomic E-state index is 11.8. The minimum absolute atomic E-state index is 0.0435. The zero-order valence-corrected chi connectivity index (χ0v) is 13.4. The Morgan fingerprint density at radius 2 is 2.21 bits per heavy atom. The van der Waals surface area contributed by atoms with Crippen LogP contribution in [0.1, 0.15) is 22.7 Å². The largest absolute Gasteiger partial charge is 0.302 e. The average Bonchev–Trinajstić information content (AvgIpc) is 2.86. The summed E-state index contributed by atoms with van der Waals surface area (Å²) >= 11 is 4.95. The first-order valence-electron chi connectivity index (χ1n) is 5.89. The Morgan fingerprint density at radius 1 is 1.47 bits per heavy atom. The highest BCUT2D eigenvalue weighted by Gasteiger charge is 2.11. The maximum atomic E-state index is 11.8. The lowest BCUT2D eigenvalue weighted by molar-refractivity contribution is -0.116. The zero-order valence-electron chi connectivity index (χ0n) is 11.0. The molecule has 0 spiro atoms. The van der Waals surface area contributed by atoms with E-state index in [-0.39, 0.29) is 5.91 Å². The molecule has 2 aromatic heterocycles. The summed E-state index contributed by atoms with van der Waals surface area (Å²) in [5.41, 5.74) is 1.98. The molecule has 0 bridgehead atoms. The topological polar surface area (TPSA) is 59.8 Å². The molecule has 0 aliphatic heterocycles. The van der Waals surface area contributed by atoms with E-state index in [9.17, 15) is 4.79 Å². The summed E-state index contributed by atoms with van der Waals surface area (Å²) in [4.78, 5) is 17.0. The molecule has 0 atom stereocenters. The van der Waals surface area contributed by atoms with E-state index in [4.69, 9.17) is 0 Å². The number of nitrogens with zero attached hydrogens (tertiary/aromatic N) is 3. The monoisotopic (exact) mass is 342 g/mol. The summed E-state index contributed by atoms with van der Waals surface area (Å²) in [5.74, 6) is -0.0435. The van der Waals surface area contributed by atoms with Crippen molar-refractivity contribution in [1.29, 1.82) is 0 Å². The molecule has 0 saturated heterocycles. The summed E-state index contributed by atoms with van der Waals surface area (Å²) in [7, 11) is 0. The van der Waals surface area contributed by atoms with Crippen LogP contribution in [0.5, 0.6) is 0 Å². The molecule has 102 valence electrons. The van der Waals surface area contributed by atoms with Crippen LogP contribution in [0.25, 0.3) is 0 Å². The molecule has 1 amide bonds. The first-order chi connectivity index (χ1) is 8.97. The standard InChI is InChI=1S/C12H15BrN4OS/c1-7-6-14-12(19-7)15-10(18)4-5-17-9(3)11(13)8(2)16-17/h6H,4-5H2,1-3H3,(H,14,15,18). The number of anilines is 1. The number of hydrogen-bond acceptors (Lipinski definition) is 4. The van der Waals surface area contributed by atoms with E-state index in [0.29, 0.717) is 18.1 Å². The van der Waals surface area contributed by atoms with Gasteiger partial charge in [0.15, 0.2) is 5.13 Å². The van der Waals surface area contributed by atoms with E-state index < -0.39 is 0 Å². The lowest BCUT2D eigenvalue weighted by atomic mass is 10.3. The summed E-state index contributed by atoms with van der Waals surface area (Å²) in [5, 5.41) is 7.81. The van der Waals surface area contributed by atoms with Gasteiger partial charge < -0.3 is 5.32 Å². The van der Waals surface area contributed by atoms with E-state index in [1.807, 2.05) is 25.5 Å². The van der Waals surface area contributed by atoms with Crippen LogP contribution in [0.15, 0.2) is 10.7 Å². The molecule has 1 N–H and O–H groups in total. The van der Waals surface area contributed by atoms with E-state index in [1.54, 1.807) is 6.20 Å². The fourth-order valence-corrected chi connectivity index (χ4v) is 2.66. The average molecular weight is 343 g/mol. The molecule has 0 aliphatic rings. The Morgan fingerprint density at radius 3 is 2.74 bits per heavy atom. The van der Waals surface area contributed by atoms with Crippen LogP contribution in [0.4, 0.5) is 5.13 Å². The molecule has 7 heteroatoms. The molecule has 2 aromatic rings. The minimum atomic E-state index is -0.0435. The van der Waals surface area contributed by atoms with Gasteiger partial charge in [0.05, 0.1) is 16.7 Å². The van der Waals surface area contributed by atoms with E-state index in [0.717, 1.165) is 20.7 Å². The van der Waals surface area contributed by atoms with Crippen LogP contribution < -0.4 is 5.32 Å². The van der Waals surface area contributed by atoms with E-state index in [2.05, 4.69) is 31.3 Å². The third kappa shape index (κ3) is 3.42. The van der Waals surface area contributed by atoms with Crippen molar-refractivity contribution < 1.29 is 4.79 Å². The van der Waals surface area contributed by atoms with Crippen molar-refractivity contribution in [2.45, 2.75) is 33.7 Å². The number of amides is 1. The summed E-state index contributed by atoms with van der Waals surface area (Å²) < 4.78 is 2.84. The molecular weight excluding hydrogens is 328 g/mol. The van der Waals surface area contributed by atoms with Gasteiger partial charge in [-0.1, -0.05) is 0 Å². The smallest absolute Gasteiger partial charge is 0.228 e. The van der Waals surface area contributed by atoms with Crippen molar-refractivity contribution in [3.8, 4) is 0 Å². The van der Waals surface area contributed by atoms with Crippen molar-refractivity contribution >= 4 is 38.3 Å². The number of aromatic nitrogens is 3. The van der Waals surface area contributed by atoms with Gasteiger partial charge in [0.2, 0.25) is 5.91 Å². The van der Waals surface area contributed by atoms with Gasteiger partial charge in [-0.25, -0.2) is 4.98 Å². The molecule has 5 nitrogen and oxygen atoms in total. The predicted molar refractivity (Wildman–Crippen MR) is 79.5 cm³/mol. The molecular formula is C12H15BrN4OS. The Hall–Kier alpha value is -1.21. The van der Waals surface area contributed by atoms with Gasteiger partial charge in [-0.05, 0) is 36.7 Å². The molecule has 0 unspecified atom stereocenters. The third-order valence-corrected chi connectivity index (χ3v) is 4.69.